The van der Waals surface area contributed by atoms with Crippen molar-refractivity contribution in [3.8, 4) is 0 Å². The molecule has 1 heterocycles. The Kier molecular flexibility index (Phi) is 3.21. The van der Waals surface area contributed by atoms with Gasteiger partial charge in [-0.05, 0) is 5.82 Å². The van der Waals surface area contributed by atoms with E-state index < -0.39 is 0 Å². The molecule has 0 saturated carbocycles. The first-order valence-corrected chi connectivity index (χ1v) is 4.15. The average Bonchev–Trinajstić information content (AvgIpc) is 2.40. The van der Waals surface area contributed by atoms with Crippen molar-refractivity contribution in [3.63, 3.8) is 0 Å². The fraction of sp³-hybridized carbons (Fsp3) is 0.625. The van der Waals surface area contributed by atoms with Gasteiger partial charge in [0.1, 0.15) is 0 Å². The summed E-state index contributed by atoms with van der Waals surface area (Å²) < 4.78 is 2.01. The van der Waals surface area contributed by atoms with E-state index in [0.29, 0.717) is 5.82 Å². The third kappa shape index (κ3) is 2.79. The molecule has 1 aromatic heterocycles. The quantitative estimate of drug-likeness (QED) is 0.598. The monoisotopic (exact) mass is 149 g/mol. The summed E-state index contributed by atoms with van der Waals surface area (Å²) >= 11 is 0. The fourth-order valence-corrected chi connectivity index (χ4v) is 1.18. The second-order valence-electron chi connectivity index (χ2n) is 2.92. The molecule has 1 atom stereocenters. The van der Waals surface area contributed by atoms with E-state index in [1.165, 1.54) is 12.8 Å². The van der Waals surface area contributed by atoms with Gasteiger partial charge in [-0.1, -0.05) is 26.7 Å². The van der Waals surface area contributed by atoms with Gasteiger partial charge in [-0.2, -0.15) is 0 Å². The number of aromatic nitrogens is 2. The minimum absolute atomic E-state index is 0.647. The van der Waals surface area contributed by atoms with Crippen LogP contribution in [0.3, 0.4) is 0 Å². The van der Waals surface area contributed by atoms with Gasteiger partial charge in [0.05, 0.1) is 6.33 Å². The summed E-state index contributed by atoms with van der Waals surface area (Å²) in [5.74, 6) is 0.647. The van der Waals surface area contributed by atoms with Crippen molar-refractivity contribution < 1.29 is 0 Å². The number of hydrogen-bond donors (Lipinski definition) is 0. The first kappa shape index (κ1) is 8.37. The Hall–Kier alpha value is -0.725. The summed E-state index contributed by atoms with van der Waals surface area (Å²) in [6.07, 6.45) is 8.08. The van der Waals surface area contributed by atoms with Crippen LogP contribution in [-0.4, -0.2) is 16.9 Å². The molecule has 0 bridgehead atoms. The molecular formula is C8H14BN2. The van der Waals surface area contributed by atoms with Crippen LogP contribution in [0.4, 0.5) is 0 Å². The van der Waals surface area contributed by atoms with E-state index in [0.717, 1.165) is 0 Å². The predicted molar refractivity (Wildman–Crippen MR) is 47.7 cm³/mol. The molecule has 0 amide bonds. The molecule has 0 N–H and O–H groups in total. The first-order chi connectivity index (χ1) is 5.33. The molecule has 59 valence electrons. The van der Waals surface area contributed by atoms with Crippen molar-refractivity contribution in [2.45, 2.75) is 32.5 Å². The maximum atomic E-state index is 3.97. The zero-order chi connectivity index (χ0) is 8.10. The van der Waals surface area contributed by atoms with Crippen molar-refractivity contribution in [1.82, 2.24) is 9.46 Å². The molecule has 0 fully saturated rings. The molecule has 0 aliphatic rings. The second-order valence-corrected chi connectivity index (χ2v) is 2.92. The fourth-order valence-electron chi connectivity index (χ4n) is 1.18. The van der Waals surface area contributed by atoms with Crippen LogP contribution in [0.2, 0.25) is 5.82 Å². The first-order valence-electron chi connectivity index (χ1n) is 4.15. The zero-order valence-corrected chi connectivity index (χ0v) is 7.20. The zero-order valence-electron chi connectivity index (χ0n) is 7.20. The van der Waals surface area contributed by atoms with Gasteiger partial charge in [0, 0.05) is 12.4 Å². The smallest absolute Gasteiger partial charge is 0.256 e. The summed E-state index contributed by atoms with van der Waals surface area (Å²) in [5.41, 5.74) is 0. The molecule has 0 aliphatic carbocycles. The molecule has 0 aromatic carbocycles. The van der Waals surface area contributed by atoms with Crippen molar-refractivity contribution in [3.05, 3.63) is 18.7 Å². The minimum atomic E-state index is 0.647. The molecule has 0 saturated heterocycles. The van der Waals surface area contributed by atoms with E-state index in [1.54, 1.807) is 6.20 Å². The maximum absolute atomic E-state index is 3.97. The number of imidazole rings is 1. The normalized spacial score (nSPS) is 12.9. The number of nitrogens with zero attached hydrogens (tertiary/aromatic N) is 2. The highest BCUT2D eigenvalue weighted by molar-refractivity contribution is 6.35. The van der Waals surface area contributed by atoms with E-state index in [4.69, 9.17) is 0 Å². The lowest BCUT2D eigenvalue weighted by atomic mass is 9.74. The largest absolute Gasteiger partial charge is 0.386 e. The van der Waals surface area contributed by atoms with E-state index >= 15 is 0 Å². The SMILES string of the molecule is CCCC(C)[B]n1ccnc1. The van der Waals surface area contributed by atoms with Crippen molar-refractivity contribution in [1.29, 1.82) is 0 Å². The minimum Gasteiger partial charge on any atom is -0.386 e. The summed E-state index contributed by atoms with van der Waals surface area (Å²) in [7, 11) is 2.19. The van der Waals surface area contributed by atoms with Crippen LogP contribution in [0, 0.1) is 0 Å². The lowest BCUT2D eigenvalue weighted by molar-refractivity contribution is 0.754. The van der Waals surface area contributed by atoms with Crippen LogP contribution in [0.25, 0.3) is 0 Å². The van der Waals surface area contributed by atoms with Crippen molar-refractivity contribution in [2.75, 3.05) is 0 Å². The highest BCUT2D eigenvalue weighted by Crippen LogP contribution is 2.09. The molecule has 0 spiro atoms. The highest BCUT2D eigenvalue weighted by atomic mass is 14.9. The lowest BCUT2D eigenvalue weighted by Gasteiger charge is -2.07. The van der Waals surface area contributed by atoms with Crippen LogP contribution < -0.4 is 0 Å². The van der Waals surface area contributed by atoms with E-state index in [9.17, 15) is 0 Å². The van der Waals surface area contributed by atoms with Crippen LogP contribution in [0.15, 0.2) is 18.7 Å². The van der Waals surface area contributed by atoms with E-state index in [2.05, 4.69) is 26.2 Å². The van der Waals surface area contributed by atoms with Crippen molar-refractivity contribution in [2.24, 2.45) is 0 Å². The van der Waals surface area contributed by atoms with Gasteiger partial charge >= 0.3 is 0 Å². The Bertz CT molecular complexity index is 184. The Balaban J connectivity index is 2.31. The van der Waals surface area contributed by atoms with Crippen LogP contribution in [0.5, 0.6) is 0 Å². The molecule has 0 aliphatic heterocycles. The van der Waals surface area contributed by atoms with Gasteiger partial charge in [0.25, 0.3) is 7.41 Å². The molecular weight excluding hydrogens is 135 g/mol. The standard InChI is InChI=1S/C8H14BN2/c1-3-4-8(2)9-11-6-5-10-7-11/h5-8H,3-4H2,1-2H3. The van der Waals surface area contributed by atoms with Gasteiger partial charge in [0.2, 0.25) is 0 Å². The summed E-state index contributed by atoms with van der Waals surface area (Å²) in [6, 6.07) is 0. The van der Waals surface area contributed by atoms with Crippen LogP contribution in [-0.2, 0) is 0 Å². The number of rotatable bonds is 4. The van der Waals surface area contributed by atoms with Crippen LogP contribution in [0.1, 0.15) is 26.7 Å². The van der Waals surface area contributed by atoms with E-state index in [1.807, 2.05) is 17.0 Å². The van der Waals surface area contributed by atoms with E-state index in [-0.39, 0.29) is 0 Å². The predicted octanol–water partition coefficient (Wildman–Crippen LogP) is 1.96. The molecule has 2 nitrogen and oxygen atoms in total. The molecule has 1 unspecified atom stereocenters. The van der Waals surface area contributed by atoms with Gasteiger partial charge in [-0.25, -0.2) is 4.98 Å². The van der Waals surface area contributed by atoms with Gasteiger partial charge < -0.3 is 4.48 Å². The van der Waals surface area contributed by atoms with Gasteiger partial charge in [-0.15, -0.1) is 0 Å². The summed E-state index contributed by atoms with van der Waals surface area (Å²) in [4.78, 5) is 3.97. The highest BCUT2D eigenvalue weighted by Gasteiger charge is 2.03. The summed E-state index contributed by atoms with van der Waals surface area (Å²) in [5, 5.41) is 0. The topological polar surface area (TPSA) is 17.8 Å². The Morgan fingerprint density at radius 2 is 2.45 bits per heavy atom. The second kappa shape index (κ2) is 4.22. The Labute approximate surface area is 68.9 Å². The average molecular weight is 149 g/mol. The lowest BCUT2D eigenvalue weighted by Crippen LogP contribution is -2.09. The molecule has 1 aromatic rings. The molecule has 11 heavy (non-hydrogen) atoms. The Morgan fingerprint density at radius 3 is 3.00 bits per heavy atom. The summed E-state index contributed by atoms with van der Waals surface area (Å²) in [6.45, 7) is 4.43. The molecule has 3 heteroatoms. The third-order valence-electron chi connectivity index (χ3n) is 1.70. The van der Waals surface area contributed by atoms with Crippen molar-refractivity contribution >= 4 is 7.41 Å². The molecule has 1 rings (SSSR count). The molecule has 1 radical (unpaired) electrons. The van der Waals surface area contributed by atoms with Crippen LogP contribution >= 0.6 is 0 Å². The van der Waals surface area contributed by atoms with Gasteiger partial charge in [-0.3, -0.25) is 0 Å². The van der Waals surface area contributed by atoms with Gasteiger partial charge in [0.15, 0.2) is 0 Å². The maximum Gasteiger partial charge on any atom is 0.256 e. The third-order valence-corrected chi connectivity index (χ3v) is 1.70. The Morgan fingerprint density at radius 1 is 1.64 bits per heavy atom. The number of hydrogen-bond acceptors (Lipinski definition) is 1.